The molecule has 1 aliphatic rings. The topological polar surface area (TPSA) is 16.1 Å². The van der Waals surface area contributed by atoms with E-state index >= 15 is 0 Å². The van der Waals surface area contributed by atoms with Gasteiger partial charge in [0.2, 0.25) is 0 Å². The third-order valence-corrected chi connectivity index (χ3v) is 4.45. The predicted molar refractivity (Wildman–Crippen MR) is 76.7 cm³/mol. The fourth-order valence-electron chi connectivity index (χ4n) is 2.61. The van der Waals surface area contributed by atoms with Gasteiger partial charge < -0.3 is 4.90 Å². The van der Waals surface area contributed by atoms with Crippen LogP contribution in [0.4, 0.5) is 5.82 Å². The third kappa shape index (κ3) is 2.76. The Morgan fingerprint density at radius 1 is 1.41 bits per heavy atom. The van der Waals surface area contributed by atoms with Gasteiger partial charge in [0.1, 0.15) is 5.82 Å². The standard InChI is InChI=1S/C13H18BrClN2/c1-8-4-9(2)10(3)17(7-8)13-12(14)5-11(15)6-16-13/h5-6,8-10H,4,7H2,1-3H3. The molecule has 3 atom stereocenters. The van der Waals surface area contributed by atoms with Crippen LogP contribution in [0.15, 0.2) is 16.7 Å². The fraction of sp³-hybridized carbons (Fsp3) is 0.615. The number of anilines is 1. The second-order valence-corrected chi connectivity index (χ2v) is 6.46. The highest BCUT2D eigenvalue weighted by molar-refractivity contribution is 9.10. The first kappa shape index (κ1) is 13.2. The molecule has 0 amide bonds. The zero-order valence-electron chi connectivity index (χ0n) is 10.5. The smallest absolute Gasteiger partial charge is 0.143 e. The average Bonchev–Trinajstić information content (AvgIpc) is 2.24. The van der Waals surface area contributed by atoms with Crippen molar-refractivity contribution in [1.82, 2.24) is 4.98 Å². The van der Waals surface area contributed by atoms with Gasteiger partial charge in [0.05, 0.1) is 9.50 Å². The molecule has 0 aliphatic carbocycles. The summed E-state index contributed by atoms with van der Waals surface area (Å²) in [5, 5.41) is 0.673. The summed E-state index contributed by atoms with van der Waals surface area (Å²) in [7, 11) is 0. The molecule has 0 bridgehead atoms. The Balaban J connectivity index is 2.31. The zero-order valence-corrected chi connectivity index (χ0v) is 12.8. The van der Waals surface area contributed by atoms with Crippen LogP contribution in [-0.2, 0) is 0 Å². The first-order chi connectivity index (χ1) is 7.99. The largest absolute Gasteiger partial charge is 0.352 e. The van der Waals surface area contributed by atoms with E-state index in [0.717, 1.165) is 16.8 Å². The number of aromatic nitrogens is 1. The summed E-state index contributed by atoms with van der Waals surface area (Å²) in [6.07, 6.45) is 3.02. The van der Waals surface area contributed by atoms with Crippen LogP contribution in [0.5, 0.6) is 0 Å². The number of nitrogens with zero attached hydrogens (tertiary/aromatic N) is 2. The molecule has 1 fully saturated rings. The number of hydrogen-bond donors (Lipinski definition) is 0. The van der Waals surface area contributed by atoms with Gasteiger partial charge in [-0.1, -0.05) is 25.4 Å². The zero-order chi connectivity index (χ0) is 12.6. The summed E-state index contributed by atoms with van der Waals surface area (Å²) in [5.41, 5.74) is 0. The molecule has 0 radical (unpaired) electrons. The van der Waals surface area contributed by atoms with Gasteiger partial charge in [-0.3, -0.25) is 0 Å². The highest BCUT2D eigenvalue weighted by atomic mass is 79.9. The lowest BCUT2D eigenvalue weighted by atomic mass is 9.86. The molecule has 2 rings (SSSR count). The van der Waals surface area contributed by atoms with Gasteiger partial charge in [0.15, 0.2) is 0 Å². The van der Waals surface area contributed by atoms with Crippen LogP contribution < -0.4 is 4.90 Å². The van der Waals surface area contributed by atoms with Crippen molar-refractivity contribution in [2.24, 2.45) is 11.8 Å². The van der Waals surface area contributed by atoms with Crippen molar-refractivity contribution in [1.29, 1.82) is 0 Å². The van der Waals surface area contributed by atoms with Gasteiger partial charge >= 0.3 is 0 Å². The lowest BCUT2D eigenvalue weighted by Crippen LogP contribution is -2.46. The SMILES string of the molecule is CC1CC(C)C(C)N(c2ncc(Cl)cc2Br)C1. The molecule has 1 aromatic heterocycles. The van der Waals surface area contributed by atoms with E-state index in [9.17, 15) is 0 Å². The monoisotopic (exact) mass is 316 g/mol. The fourth-order valence-corrected chi connectivity index (χ4v) is 3.48. The van der Waals surface area contributed by atoms with Gasteiger partial charge in [0.25, 0.3) is 0 Å². The molecule has 94 valence electrons. The maximum atomic E-state index is 5.94. The van der Waals surface area contributed by atoms with Gasteiger partial charge in [-0.15, -0.1) is 0 Å². The molecule has 1 aromatic rings. The van der Waals surface area contributed by atoms with E-state index < -0.39 is 0 Å². The van der Waals surface area contributed by atoms with Crippen molar-refractivity contribution in [3.8, 4) is 0 Å². The minimum atomic E-state index is 0.524. The van der Waals surface area contributed by atoms with E-state index in [1.54, 1.807) is 6.20 Å². The van der Waals surface area contributed by atoms with Crippen LogP contribution in [-0.4, -0.2) is 17.6 Å². The van der Waals surface area contributed by atoms with Crippen molar-refractivity contribution in [3.05, 3.63) is 21.8 Å². The summed E-state index contributed by atoms with van der Waals surface area (Å²) in [5.74, 6) is 2.43. The maximum absolute atomic E-state index is 5.94. The second-order valence-electron chi connectivity index (χ2n) is 5.17. The lowest BCUT2D eigenvalue weighted by molar-refractivity contribution is 0.295. The van der Waals surface area contributed by atoms with E-state index in [1.165, 1.54) is 6.42 Å². The number of rotatable bonds is 1. The number of pyridine rings is 1. The lowest BCUT2D eigenvalue weighted by Gasteiger charge is -2.42. The third-order valence-electron chi connectivity index (χ3n) is 3.66. The summed E-state index contributed by atoms with van der Waals surface area (Å²) in [6, 6.07) is 2.44. The van der Waals surface area contributed by atoms with Gasteiger partial charge in [-0.05, 0) is 47.2 Å². The quantitative estimate of drug-likeness (QED) is 0.764. The Bertz CT molecular complexity index is 410. The van der Waals surface area contributed by atoms with E-state index in [2.05, 4.69) is 46.6 Å². The molecule has 3 unspecified atom stereocenters. The highest BCUT2D eigenvalue weighted by Gasteiger charge is 2.30. The van der Waals surface area contributed by atoms with Gasteiger partial charge in [-0.25, -0.2) is 4.98 Å². The summed E-state index contributed by atoms with van der Waals surface area (Å²) >= 11 is 9.50. The van der Waals surface area contributed by atoms with Crippen LogP contribution in [0.3, 0.4) is 0 Å². The van der Waals surface area contributed by atoms with Crippen LogP contribution in [0.25, 0.3) is 0 Å². The van der Waals surface area contributed by atoms with Crippen LogP contribution >= 0.6 is 27.5 Å². The molecular formula is C13H18BrClN2. The molecular weight excluding hydrogens is 300 g/mol. The molecule has 0 aromatic carbocycles. The minimum Gasteiger partial charge on any atom is -0.352 e. The average molecular weight is 318 g/mol. The molecule has 2 nitrogen and oxygen atoms in total. The van der Waals surface area contributed by atoms with E-state index in [-0.39, 0.29) is 0 Å². The molecule has 0 spiro atoms. The number of halogens is 2. The Kier molecular flexibility index (Phi) is 3.99. The van der Waals surface area contributed by atoms with Crippen molar-refractivity contribution < 1.29 is 0 Å². The van der Waals surface area contributed by atoms with E-state index in [1.807, 2.05) is 6.07 Å². The Hall–Kier alpha value is -0.280. The normalized spacial score (nSPS) is 29.5. The van der Waals surface area contributed by atoms with E-state index in [0.29, 0.717) is 22.9 Å². The summed E-state index contributed by atoms with van der Waals surface area (Å²) in [6.45, 7) is 7.97. The maximum Gasteiger partial charge on any atom is 0.143 e. The Labute approximate surface area is 116 Å². The van der Waals surface area contributed by atoms with Gasteiger partial charge in [0, 0.05) is 18.8 Å². The first-order valence-electron chi connectivity index (χ1n) is 6.06. The molecule has 1 aliphatic heterocycles. The molecule has 0 N–H and O–H groups in total. The highest BCUT2D eigenvalue weighted by Crippen LogP contribution is 2.34. The Morgan fingerprint density at radius 2 is 2.12 bits per heavy atom. The van der Waals surface area contributed by atoms with Crippen molar-refractivity contribution in [2.75, 3.05) is 11.4 Å². The molecule has 0 saturated carbocycles. The molecule has 4 heteroatoms. The summed E-state index contributed by atoms with van der Waals surface area (Å²) < 4.78 is 0.984. The van der Waals surface area contributed by atoms with Crippen LogP contribution in [0.2, 0.25) is 5.02 Å². The first-order valence-corrected chi connectivity index (χ1v) is 7.23. The second kappa shape index (κ2) is 5.15. The van der Waals surface area contributed by atoms with Crippen molar-refractivity contribution >= 4 is 33.3 Å². The molecule has 17 heavy (non-hydrogen) atoms. The number of hydrogen-bond acceptors (Lipinski definition) is 2. The van der Waals surface area contributed by atoms with Crippen LogP contribution in [0, 0.1) is 11.8 Å². The molecule has 2 heterocycles. The number of piperidine rings is 1. The molecule has 1 saturated heterocycles. The van der Waals surface area contributed by atoms with Gasteiger partial charge in [-0.2, -0.15) is 0 Å². The minimum absolute atomic E-state index is 0.524. The van der Waals surface area contributed by atoms with Crippen molar-refractivity contribution in [3.63, 3.8) is 0 Å². The predicted octanol–water partition coefficient (Wildman–Crippen LogP) is 4.37. The van der Waals surface area contributed by atoms with Crippen molar-refractivity contribution in [2.45, 2.75) is 33.2 Å². The van der Waals surface area contributed by atoms with Crippen LogP contribution in [0.1, 0.15) is 27.2 Å². The van der Waals surface area contributed by atoms with E-state index in [4.69, 9.17) is 11.6 Å². The Morgan fingerprint density at radius 3 is 2.76 bits per heavy atom. The summed E-state index contributed by atoms with van der Waals surface area (Å²) in [4.78, 5) is 6.86.